The minimum Gasteiger partial charge on any atom is -0.356 e. The van der Waals surface area contributed by atoms with Crippen molar-refractivity contribution in [1.29, 1.82) is 0 Å². The quantitative estimate of drug-likeness (QED) is 0.480. The molecule has 0 heterocycles. The van der Waals surface area contributed by atoms with Gasteiger partial charge in [0.2, 0.25) is 5.91 Å². The number of carbonyl (C=O) groups is 1. The Balaban J connectivity index is 3.27. The Kier molecular flexibility index (Phi) is 8.24. The molecule has 14 heavy (non-hydrogen) atoms. The highest BCUT2D eigenvalue weighted by atomic mass is 16.1. The van der Waals surface area contributed by atoms with Crippen molar-refractivity contribution in [3.63, 3.8) is 0 Å². The first kappa shape index (κ1) is 13.2. The van der Waals surface area contributed by atoms with Crippen molar-refractivity contribution in [2.24, 2.45) is 0 Å². The highest BCUT2D eigenvalue weighted by molar-refractivity contribution is 5.75. The van der Waals surface area contributed by atoms with Crippen LogP contribution in [0.25, 0.3) is 0 Å². The lowest BCUT2D eigenvalue weighted by Gasteiger charge is -2.03. The van der Waals surface area contributed by atoms with Crippen LogP contribution < -0.4 is 10.6 Å². The fourth-order valence-electron chi connectivity index (χ4n) is 0.933. The van der Waals surface area contributed by atoms with E-state index in [1.807, 2.05) is 6.92 Å². The summed E-state index contributed by atoms with van der Waals surface area (Å²) in [5, 5.41) is 6.02. The molecule has 0 fully saturated rings. The van der Waals surface area contributed by atoms with Crippen molar-refractivity contribution in [3.8, 4) is 0 Å². The number of amides is 1. The van der Waals surface area contributed by atoms with Gasteiger partial charge in [0.25, 0.3) is 0 Å². The van der Waals surface area contributed by atoms with Gasteiger partial charge in [-0.1, -0.05) is 18.6 Å². The summed E-state index contributed by atoms with van der Waals surface area (Å²) in [7, 11) is 0. The molecule has 0 unspecified atom stereocenters. The summed E-state index contributed by atoms with van der Waals surface area (Å²) in [6.45, 7) is 8.56. The summed E-state index contributed by atoms with van der Waals surface area (Å²) >= 11 is 0. The van der Waals surface area contributed by atoms with Crippen molar-refractivity contribution in [1.82, 2.24) is 10.6 Å². The van der Waals surface area contributed by atoms with Crippen molar-refractivity contribution in [2.45, 2.75) is 33.6 Å². The third-order valence-electron chi connectivity index (χ3n) is 1.76. The minimum atomic E-state index is 0.136. The Morgan fingerprint density at radius 2 is 2.00 bits per heavy atom. The first-order valence-electron chi connectivity index (χ1n) is 5.27. The van der Waals surface area contributed by atoms with E-state index in [9.17, 15) is 4.79 Å². The molecular formula is C11H22N2O. The molecule has 3 heteroatoms. The van der Waals surface area contributed by atoms with E-state index in [4.69, 9.17) is 0 Å². The summed E-state index contributed by atoms with van der Waals surface area (Å²) in [4.78, 5) is 11.1. The van der Waals surface area contributed by atoms with Crippen molar-refractivity contribution in [2.75, 3.05) is 19.6 Å². The largest absolute Gasteiger partial charge is 0.356 e. The van der Waals surface area contributed by atoms with Gasteiger partial charge in [0.15, 0.2) is 0 Å². The van der Waals surface area contributed by atoms with Gasteiger partial charge in [0.05, 0.1) is 0 Å². The molecule has 0 aliphatic rings. The van der Waals surface area contributed by atoms with Crippen LogP contribution in [0.5, 0.6) is 0 Å². The normalized spacial score (nSPS) is 9.64. The van der Waals surface area contributed by atoms with Crippen molar-refractivity contribution >= 4 is 5.91 Å². The number of hydrogen-bond donors (Lipinski definition) is 2. The van der Waals surface area contributed by atoms with Crippen LogP contribution >= 0.6 is 0 Å². The molecule has 3 nitrogen and oxygen atoms in total. The average molecular weight is 198 g/mol. The average Bonchev–Trinajstić information content (AvgIpc) is 2.13. The predicted octanol–water partition coefficient (Wildman–Crippen LogP) is 1.46. The minimum absolute atomic E-state index is 0.136. The Morgan fingerprint density at radius 3 is 2.57 bits per heavy atom. The van der Waals surface area contributed by atoms with Crippen LogP contribution in [-0.4, -0.2) is 25.5 Å². The molecule has 0 aliphatic heterocycles. The molecule has 0 radical (unpaired) electrons. The van der Waals surface area contributed by atoms with Crippen LogP contribution in [0.2, 0.25) is 0 Å². The van der Waals surface area contributed by atoms with E-state index < -0.39 is 0 Å². The maximum atomic E-state index is 11.1. The second kappa shape index (κ2) is 8.75. The van der Waals surface area contributed by atoms with E-state index in [0.717, 1.165) is 26.1 Å². The van der Waals surface area contributed by atoms with E-state index in [1.165, 1.54) is 5.57 Å². The molecule has 82 valence electrons. The molecule has 0 aliphatic carbocycles. The van der Waals surface area contributed by atoms with Crippen molar-refractivity contribution < 1.29 is 4.79 Å². The topological polar surface area (TPSA) is 41.1 Å². The van der Waals surface area contributed by atoms with E-state index in [1.54, 1.807) is 0 Å². The third kappa shape index (κ3) is 9.26. The van der Waals surface area contributed by atoms with Crippen molar-refractivity contribution in [3.05, 3.63) is 11.6 Å². The zero-order chi connectivity index (χ0) is 10.8. The standard InChI is InChI=1S/C11H22N2O/c1-4-7-13-11(14)6-9-12-8-5-10(2)3/h5,12H,4,6-9H2,1-3H3,(H,13,14). The van der Waals surface area contributed by atoms with E-state index >= 15 is 0 Å². The van der Waals surface area contributed by atoms with Gasteiger partial charge in [-0.15, -0.1) is 0 Å². The van der Waals surface area contributed by atoms with Gasteiger partial charge in [-0.05, 0) is 20.3 Å². The smallest absolute Gasteiger partial charge is 0.221 e. The lowest BCUT2D eigenvalue weighted by molar-refractivity contribution is -0.120. The molecule has 0 spiro atoms. The van der Waals surface area contributed by atoms with Crippen LogP contribution in [0.3, 0.4) is 0 Å². The predicted molar refractivity (Wildman–Crippen MR) is 60.2 cm³/mol. The second-order valence-corrected chi connectivity index (χ2v) is 3.59. The van der Waals surface area contributed by atoms with Gasteiger partial charge in [-0.2, -0.15) is 0 Å². The van der Waals surface area contributed by atoms with Gasteiger partial charge < -0.3 is 10.6 Å². The molecule has 0 aromatic carbocycles. The first-order chi connectivity index (χ1) is 6.66. The van der Waals surface area contributed by atoms with Crippen LogP contribution in [0.15, 0.2) is 11.6 Å². The number of hydrogen-bond acceptors (Lipinski definition) is 2. The van der Waals surface area contributed by atoms with Gasteiger partial charge >= 0.3 is 0 Å². The lowest BCUT2D eigenvalue weighted by Crippen LogP contribution is -2.28. The summed E-state index contributed by atoms with van der Waals surface area (Å²) < 4.78 is 0. The Labute approximate surface area is 87.0 Å². The third-order valence-corrected chi connectivity index (χ3v) is 1.76. The molecule has 0 aromatic rings. The van der Waals surface area contributed by atoms with Gasteiger partial charge in [0.1, 0.15) is 0 Å². The number of carbonyl (C=O) groups excluding carboxylic acids is 1. The zero-order valence-corrected chi connectivity index (χ0v) is 9.52. The molecule has 0 aromatic heterocycles. The number of rotatable bonds is 7. The van der Waals surface area contributed by atoms with Crippen LogP contribution in [0.1, 0.15) is 33.6 Å². The van der Waals surface area contributed by atoms with Crippen LogP contribution in [0, 0.1) is 0 Å². The highest BCUT2D eigenvalue weighted by Crippen LogP contribution is 1.85. The fourth-order valence-corrected chi connectivity index (χ4v) is 0.933. The lowest BCUT2D eigenvalue weighted by atomic mass is 10.3. The van der Waals surface area contributed by atoms with Crippen LogP contribution in [0.4, 0.5) is 0 Å². The molecule has 0 rings (SSSR count). The summed E-state index contributed by atoms with van der Waals surface area (Å²) in [6, 6.07) is 0. The molecule has 0 saturated heterocycles. The summed E-state index contributed by atoms with van der Waals surface area (Å²) in [5.74, 6) is 0.136. The Hall–Kier alpha value is -0.830. The zero-order valence-electron chi connectivity index (χ0n) is 9.52. The number of allylic oxidation sites excluding steroid dienone is 1. The monoisotopic (exact) mass is 198 g/mol. The maximum absolute atomic E-state index is 11.1. The fraction of sp³-hybridized carbons (Fsp3) is 0.727. The molecular weight excluding hydrogens is 176 g/mol. The van der Waals surface area contributed by atoms with Gasteiger partial charge in [-0.3, -0.25) is 4.79 Å². The van der Waals surface area contributed by atoms with E-state index in [0.29, 0.717) is 6.42 Å². The summed E-state index contributed by atoms with van der Waals surface area (Å²) in [5.41, 5.74) is 1.30. The van der Waals surface area contributed by atoms with E-state index in [2.05, 4.69) is 30.6 Å². The molecule has 0 saturated carbocycles. The second-order valence-electron chi connectivity index (χ2n) is 3.59. The van der Waals surface area contributed by atoms with Crippen LogP contribution in [-0.2, 0) is 4.79 Å². The highest BCUT2D eigenvalue weighted by Gasteiger charge is 1.97. The Morgan fingerprint density at radius 1 is 1.29 bits per heavy atom. The molecule has 2 N–H and O–H groups in total. The first-order valence-corrected chi connectivity index (χ1v) is 5.27. The number of nitrogens with one attached hydrogen (secondary N) is 2. The maximum Gasteiger partial charge on any atom is 0.221 e. The van der Waals surface area contributed by atoms with Gasteiger partial charge in [0, 0.05) is 26.1 Å². The molecule has 0 atom stereocenters. The van der Waals surface area contributed by atoms with E-state index in [-0.39, 0.29) is 5.91 Å². The SMILES string of the molecule is CCCNC(=O)CCNCC=C(C)C. The Bertz CT molecular complexity index is 184. The van der Waals surface area contributed by atoms with Gasteiger partial charge in [-0.25, -0.2) is 0 Å². The molecule has 1 amide bonds. The summed E-state index contributed by atoms with van der Waals surface area (Å²) in [6.07, 6.45) is 3.68. The molecule has 0 bridgehead atoms.